The lowest BCUT2D eigenvalue weighted by atomic mass is 10.2. The number of halogens is 2. The van der Waals surface area contributed by atoms with E-state index < -0.39 is 6.61 Å². The van der Waals surface area contributed by atoms with Gasteiger partial charge in [0, 0.05) is 0 Å². The van der Waals surface area contributed by atoms with Gasteiger partial charge in [-0.05, 0) is 75.4 Å². The number of quaternary nitrogens is 1. The minimum atomic E-state index is -2.87. The molecule has 1 heterocycles. The number of rotatable bonds is 9. The molecule has 3 rings (SSSR count). The number of carbonyl (C=O) groups excluding carboxylic acids is 1. The Hall–Kier alpha value is -2.71. The summed E-state index contributed by atoms with van der Waals surface area (Å²) in [5, 5.41) is 0.641. The molecule has 0 unspecified atom stereocenters. The minimum absolute atomic E-state index is 0.0796. The summed E-state index contributed by atoms with van der Waals surface area (Å²) >= 11 is 1.33. The van der Waals surface area contributed by atoms with Crippen LogP contribution in [-0.4, -0.2) is 47.8 Å². The van der Waals surface area contributed by atoms with Crippen LogP contribution in [0.4, 0.5) is 14.5 Å². The van der Waals surface area contributed by atoms with Crippen LogP contribution in [0.1, 0.15) is 33.3 Å². The number of nitrogens with zero attached hydrogens (tertiary/aromatic N) is 2. The van der Waals surface area contributed by atoms with Crippen molar-refractivity contribution in [3.8, 4) is 5.75 Å². The molecule has 0 spiro atoms. The van der Waals surface area contributed by atoms with Crippen molar-refractivity contribution in [3.63, 3.8) is 0 Å². The first kappa shape index (κ1) is 24.9. The molecule has 0 atom stereocenters. The van der Waals surface area contributed by atoms with Gasteiger partial charge in [0.05, 0.1) is 35.8 Å². The third-order valence-corrected chi connectivity index (χ3v) is 6.39. The zero-order valence-electron chi connectivity index (χ0n) is 19.3. The fourth-order valence-corrected chi connectivity index (χ4v) is 4.81. The highest BCUT2D eigenvalue weighted by Gasteiger charge is 2.34. The molecule has 0 radical (unpaired) electrons. The summed E-state index contributed by atoms with van der Waals surface area (Å²) in [6, 6.07) is 16.7. The highest BCUT2D eigenvalue weighted by molar-refractivity contribution is 8.18. The predicted octanol–water partition coefficient (Wildman–Crippen LogP) is 4.59. The van der Waals surface area contributed by atoms with E-state index in [0.717, 1.165) is 17.8 Å². The Balaban J connectivity index is 1.85. The van der Waals surface area contributed by atoms with Crippen molar-refractivity contribution >= 4 is 34.6 Å². The number of para-hydroxylation sites is 1. The summed E-state index contributed by atoms with van der Waals surface area (Å²) in [6.45, 7) is 7.22. The van der Waals surface area contributed by atoms with Crippen LogP contribution >= 0.6 is 11.8 Å². The van der Waals surface area contributed by atoms with Gasteiger partial charge in [0.25, 0.3) is 5.91 Å². The molecular formula is C25H30F2N3O2S+. The lowest BCUT2D eigenvalue weighted by molar-refractivity contribution is -0.941. The fraction of sp³-hybridized carbons (Fsp3) is 0.360. The SMILES string of the molecule is CC(C)[NH+](CCN1C(=O)/C(=C\c2ccc(OC(F)F)cc2)SC1=Nc1ccccc1)C(C)C. The Labute approximate surface area is 198 Å². The van der Waals surface area contributed by atoms with Gasteiger partial charge in [0.2, 0.25) is 0 Å². The fourth-order valence-electron chi connectivity index (χ4n) is 3.78. The zero-order valence-corrected chi connectivity index (χ0v) is 20.1. The van der Waals surface area contributed by atoms with Crippen molar-refractivity contribution < 1.29 is 23.2 Å². The number of nitrogens with one attached hydrogen (secondary N) is 1. The number of amidine groups is 1. The molecule has 0 bridgehead atoms. The lowest BCUT2D eigenvalue weighted by Crippen LogP contribution is -3.18. The molecule has 1 aliphatic heterocycles. The van der Waals surface area contributed by atoms with Crippen LogP contribution in [-0.2, 0) is 4.79 Å². The van der Waals surface area contributed by atoms with Crippen LogP contribution in [0, 0.1) is 0 Å². The molecule has 0 saturated carbocycles. The highest BCUT2D eigenvalue weighted by Crippen LogP contribution is 2.34. The van der Waals surface area contributed by atoms with Gasteiger partial charge in [0.15, 0.2) is 5.17 Å². The van der Waals surface area contributed by atoms with Crippen LogP contribution in [0.5, 0.6) is 5.75 Å². The number of benzene rings is 2. The molecule has 0 aromatic heterocycles. The second-order valence-corrected chi connectivity index (χ2v) is 9.39. The monoisotopic (exact) mass is 474 g/mol. The van der Waals surface area contributed by atoms with Gasteiger partial charge in [-0.25, -0.2) is 4.99 Å². The molecule has 1 amide bonds. The maximum absolute atomic E-state index is 13.3. The quantitative estimate of drug-likeness (QED) is 0.541. The van der Waals surface area contributed by atoms with Crippen molar-refractivity contribution in [3.05, 3.63) is 65.1 Å². The highest BCUT2D eigenvalue weighted by atomic mass is 32.2. The van der Waals surface area contributed by atoms with Crippen molar-refractivity contribution in [2.75, 3.05) is 13.1 Å². The summed E-state index contributed by atoms with van der Waals surface area (Å²) in [7, 11) is 0. The van der Waals surface area contributed by atoms with Crippen molar-refractivity contribution in [2.24, 2.45) is 4.99 Å². The minimum Gasteiger partial charge on any atom is -0.435 e. The average Bonchev–Trinajstić information content (AvgIpc) is 3.04. The third-order valence-electron chi connectivity index (χ3n) is 5.38. The zero-order chi connectivity index (χ0) is 24.0. The number of hydrogen-bond donors (Lipinski definition) is 1. The Morgan fingerprint density at radius 1 is 1.03 bits per heavy atom. The van der Waals surface area contributed by atoms with Crippen LogP contribution in [0.2, 0.25) is 0 Å². The Bertz CT molecular complexity index is 984. The van der Waals surface area contributed by atoms with Gasteiger partial charge in [0.1, 0.15) is 5.75 Å². The van der Waals surface area contributed by atoms with E-state index in [1.165, 1.54) is 28.8 Å². The van der Waals surface area contributed by atoms with Gasteiger partial charge < -0.3 is 9.64 Å². The number of thioether (sulfide) groups is 1. The average molecular weight is 475 g/mol. The van der Waals surface area contributed by atoms with Crippen LogP contribution < -0.4 is 9.64 Å². The Morgan fingerprint density at radius 2 is 1.67 bits per heavy atom. The van der Waals surface area contributed by atoms with E-state index in [9.17, 15) is 13.6 Å². The molecule has 1 saturated heterocycles. The molecule has 1 N–H and O–H groups in total. The van der Waals surface area contributed by atoms with E-state index in [-0.39, 0.29) is 11.7 Å². The summed E-state index contributed by atoms with van der Waals surface area (Å²) in [6.07, 6.45) is 1.76. The lowest BCUT2D eigenvalue weighted by Gasteiger charge is -2.29. The third kappa shape index (κ3) is 6.88. The number of carbonyl (C=O) groups is 1. The smallest absolute Gasteiger partial charge is 0.387 e. The molecule has 1 fully saturated rings. The van der Waals surface area contributed by atoms with E-state index in [1.807, 2.05) is 30.3 Å². The first-order valence-corrected chi connectivity index (χ1v) is 11.8. The van der Waals surface area contributed by atoms with Gasteiger partial charge in [-0.15, -0.1) is 0 Å². The molecule has 0 aliphatic carbocycles. The van der Waals surface area contributed by atoms with Crippen LogP contribution in [0.15, 0.2) is 64.5 Å². The van der Waals surface area contributed by atoms with Gasteiger partial charge in [-0.1, -0.05) is 30.3 Å². The predicted molar refractivity (Wildman–Crippen MR) is 130 cm³/mol. The van der Waals surface area contributed by atoms with Gasteiger partial charge >= 0.3 is 6.61 Å². The maximum Gasteiger partial charge on any atom is 0.387 e. The Morgan fingerprint density at radius 3 is 2.24 bits per heavy atom. The van der Waals surface area contributed by atoms with E-state index in [2.05, 4.69) is 32.4 Å². The first-order valence-electron chi connectivity index (χ1n) is 11.0. The number of amides is 1. The van der Waals surface area contributed by atoms with Crippen LogP contribution in [0.25, 0.3) is 6.08 Å². The summed E-state index contributed by atoms with van der Waals surface area (Å²) in [5.41, 5.74) is 1.51. The van der Waals surface area contributed by atoms with Crippen LogP contribution in [0.3, 0.4) is 0 Å². The standard InChI is InChI=1S/C25H29F2N3O2S/c1-17(2)29(18(3)4)14-15-30-23(31)22(33-25(30)28-20-8-6-5-7-9-20)16-19-10-12-21(13-11-19)32-24(26)27/h5-13,16-18,24H,14-15H2,1-4H3/p+1/b22-16+,28-25?. The second-order valence-electron chi connectivity index (χ2n) is 8.38. The van der Waals surface area contributed by atoms with Crippen molar-refractivity contribution in [1.82, 2.24) is 4.90 Å². The summed E-state index contributed by atoms with van der Waals surface area (Å²) in [5.74, 6) is -0.0228. The van der Waals surface area contributed by atoms with Crippen molar-refractivity contribution in [1.29, 1.82) is 0 Å². The molecule has 1 aliphatic rings. The Kier molecular flexibility index (Phi) is 8.63. The second kappa shape index (κ2) is 11.4. The summed E-state index contributed by atoms with van der Waals surface area (Å²) in [4.78, 5) is 21.7. The number of hydrogen-bond acceptors (Lipinski definition) is 4. The molecule has 2 aromatic carbocycles. The van der Waals surface area contributed by atoms with E-state index in [4.69, 9.17) is 4.99 Å². The number of alkyl halides is 2. The van der Waals surface area contributed by atoms with E-state index >= 15 is 0 Å². The molecular weight excluding hydrogens is 444 g/mol. The van der Waals surface area contributed by atoms with Crippen molar-refractivity contribution in [2.45, 2.75) is 46.4 Å². The van der Waals surface area contributed by atoms with E-state index in [1.54, 1.807) is 23.1 Å². The van der Waals surface area contributed by atoms with Gasteiger partial charge in [-0.2, -0.15) is 8.78 Å². The maximum atomic E-state index is 13.3. The summed E-state index contributed by atoms with van der Waals surface area (Å²) < 4.78 is 29.2. The topological polar surface area (TPSA) is 46.3 Å². The first-order chi connectivity index (χ1) is 15.7. The van der Waals surface area contributed by atoms with E-state index in [0.29, 0.717) is 28.7 Å². The number of aliphatic imine (C=N–C) groups is 1. The molecule has 176 valence electrons. The largest absolute Gasteiger partial charge is 0.435 e. The molecule has 5 nitrogen and oxygen atoms in total. The molecule has 33 heavy (non-hydrogen) atoms. The molecule has 8 heteroatoms. The van der Waals surface area contributed by atoms with Gasteiger partial charge in [-0.3, -0.25) is 9.69 Å². The number of ether oxygens (including phenoxy) is 1. The normalized spacial score (nSPS) is 16.9. The molecule has 2 aromatic rings.